The maximum Gasteiger partial charge on any atom is 0.123 e. The third-order valence-electron chi connectivity index (χ3n) is 5.38. The molecule has 0 aliphatic carbocycles. The summed E-state index contributed by atoms with van der Waals surface area (Å²) >= 11 is 0. The number of hydrogen-bond donors (Lipinski definition) is 2. The second-order valence-corrected chi connectivity index (χ2v) is 7.55. The van der Waals surface area contributed by atoms with Crippen LogP contribution in [0.4, 0.5) is 0 Å². The second-order valence-electron chi connectivity index (χ2n) is 7.55. The van der Waals surface area contributed by atoms with Crippen molar-refractivity contribution in [2.45, 2.75) is 19.1 Å². The summed E-state index contributed by atoms with van der Waals surface area (Å²) < 4.78 is 11.7. The van der Waals surface area contributed by atoms with Gasteiger partial charge in [-0.2, -0.15) is 0 Å². The minimum Gasteiger partial charge on any atom is -0.491 e. The standard InChI is InChI=1S/C27H26O4/c1-19-24-14-13-23(30-17-25(28)20-8-4-2-5-9-20)16-22(24)12-15-27(19)31-18-26(29)21-10-6-3-7-11-21/h2-16,25-26,28-29H,17-18H2,1H3. The molecule has 4 rings (SSSR count). The van der Waals surface area contributed by atoms with Crippen molar-refractivity contribution in [1.29, 1.82) is 0 Å². The summed E-state index contributed by atoms with van der Waals surface area (Å²) in [5.74, 6) is 1.45. The normalized spacial score (nSPS) is 13.0. The fraction of sp³-hybridized carbons (Fsp3) is 0.185. The Morgan fingerprint density at radius 3 is 1.87 bits per heavy atom. The van der Waals surface area contributed by atoms with Crippen molar-refractivity contribution in [1.82, 2.24) is 0 Å². The van der Waals surface area contributed by atoms with Crippen LogP contribution in [0.25, 0.3) is 10.8 Å². The molecule has 4 heteroatoms. The molecule has 0 aliphatic rings. The molecule has 31 heavy (non-hydrogen) atoms. The molecule has 4 aromatic rings. The van der Waals surface area contributed by atoms with E-state index in [-0.39, 0.29) is 13.2 Å². The van der Waals surface area contributed by atoms with Crippen molar-refractivity contribution >= 4 is 10.8 Å². The Balaban J connectivity index is 1.42. The predicted molar refractivity (Wildman–Crippen MR) is 122 cm³/mol. The molecular formula is C27H26O4. The highest BCUT2D eigenvalue weighted by Crippen LogP contribution is 2.31. The summed E-state index contributed by atoms with van der Waals surface area (Å²) in [6.07, 6.45) is -1.35. The van der Waals surface area contributed by atoms with Crippen LogP contribution in [0, 0.1) is 6.92 Å². The summed E-state index contributed by atoms with van der Waals surface area (Å²) in [7, 11) is 0. The molecule has 0 saturated carbocycles. The van der Waals surface area contributed by atoms with Crippen LogP contribution < -0.4 is 9.47 Å². The highest BCUT2D eigenvalue weighted by atomic mass is 16.5. The topological polar surface area (TPSA) is 58.9 Å². The van der Waals surface area contributed by atoms with Crippen molar-refractivity contribution in [2.24, 2.45) is 0 Å². The number of ether oxygens (including phenoxy) is 2. The van der Waals surface area contributed by atoms with Gasteiger partial charge in [0.2, 0.25) is 0 Å². The van der Waals surface area contributed by atoms with Crippen LogP contribution in [-0.2, 0) is 0 Å². The molecule has 0 heterocycles. The van der Waals surface area contributed by atoms with Gasteiger partial charge >= 0.3 is 0 Å². The predicted octanol–water partition coefficient (Wildman–Crippen LogP) is 5.37. The van der Waals surface area contributed by atoms with Gasteiger partial charge in [-0.25, -0.2) is 0 Å². The Labute approximate surface area is 182 Å². The highest BCUT2D eigenvalue weighted by Gasteiger charge is 2.12. The number of fused-ring (bicyclic) bond motifs is 1. The third-order valence-corrected chi connectivity index (χ3v) is 5.38. The van der Waals surface area contributed by atoms with E-state index in [1.807, 2.05) is 97.9 Å². The molecule has 0 fully saturated rings. The number of rotatable bonds is 8. The minimum absolute atomic E-state index is 0.188. The summed E-state index contributed by atoms with van der Waals surface area (Å²) in [4.78, 5) is 0. The number of aliphatic hydroxyl groups is 2. The Morgan fingerprint density at radius 2 is 1.26 bits per heavy atom. The Morgan fingerprint density at radius 1 is 0.677 bits per heavy atom. The molecule has 158 valence electrons. The van der Waals surface area contributed by atoms with Crippen molar-refractivity contribution < 1.29 is 19.7 Å². The molecule has 0 amide bonds. The number of hydrogen-bond acceptors (Lipinski definition) is 4. The van der Waals surface area contributed by atoms with Gasteiger partial charge in [0.25, 0.3) is 0 Å². The summed E-state index contributed by atoms with van der Waals surface area (Å²) in [5, 5.41) is 22.7. The van der Waals surface area contributed by atoms with Gasteiger partial charge < -0.3 is 19.7 Å². The van der Waals surface area contributed by atoms with Crippen LogP contribution in [0.2, 0.25) is 0 Å². The van der Waals surface area contributed by atoms with Gasteiger partial charge in [-0.1, -0.05) is 72.8 Å². The Hall–Kier alpha value is -3.34. The lowest BCUT2D eigenvalue weighted by molar-refractivity contribution is 0.108. The fourth-order valence-electron chi connectivity index (χ4n) is 3.58. The van der Waals surface area contributed by atoms with Gasteiger partial charge in [0.15, 0.2) is 0 Å². The zero-order valence-electron chi connectivity index (χ0n) is 17.4. The van der Waals surface area contributed by atoms with Crippen LogP contribution in [-0.4, -0.2) is 23.4 Å². The van der Waals surface area contributed by atoms with Crippen LogP contribution in [0.5, 0.6) is 11.5 Å². The number of aliphatic hydroxyl groups excluding tert-OH is 2. The molecule has 0 spiro atoms. The van der Waals surface area contributed by atoms with Crippen LogP contribution in [0.1, 0.15) is 28.9 Å². The van der Waals surface area contributed by atoms with Gasteiger partial charge in [0.05, 0.1) is 0 Å². The van der Waals surface area contributed by atoms with Crippen LogP contribution >= 0.6 is 0 Å². The lowest BCUT2D eigenvalue weighted by atomic mass is 10.0. The highest BCUT2D eigenvalue weighted by molar-refractivity contribution is 5.88. The van der Waals surface area contributed by atoms with E-state index in [9.17, 15) is 10.2 Å². The maximum absolute atomic E-state index is 10.3. The molecule has 2 atom stereocenters. The maximum atomic E-state index is 10.3. The van der Waals surface area contributed by atoms with Crippen molar-refractivity contribution in [3.05, 3.63) is 108 Å². The first-order valence-electron chi connectivity index (χ1n) is 10.4. The fourth-order valence-corrected chi connectivity index (χ4v) is 3.58. The number of benzene rings is 4. The first-order chi connectivity index (χ1) is 15.1. The van der Waals surface area contributed by atoms with E-state index >= 15 is 0 Å². The zero-order valence-corrected chi connectivity index (χ0v) is 17.4. The van der Waals surface area contributed by atoms with Gasteiger partial charge in [0, 0.05) is 0 Å². The third kappa shape index (κ3) is 5.05. The molecule has 4 aromatic carbocycles. The Bertz CT molecular complexity index is 1130. The second kappa shape index (κ2) is 9.65. The van der Waals surface area contributed by atoms with Crippen molar-refractivity contribution in [3.8, 4) is 11.5 Å². The van der Waals surface area contributed by atoms with E-state index in [0.717, 1.165) is 33.2 Å². The van der Waals surface area contributed by atoms with E-state index in [2.05, 4.69) is 0 Å². The van der Waals surface area contributed by atoms with Gasteiger partial charge in [-0.15, -0.1) is 0 Å². The molecule has 0 aromatic heterocycles. The SMILES string of the molecule is Cc1c(OCC(O)c2ccccc2)ccc2cc(OCC(O)c3ccccc3)ccc12. The molecule has 0 bridgehead atoms. The van der Waals surface area contributed by atoms with E-state index in [1.54, 1.807) is 0 Å². The molecule has 2 N–H and O–H groups in total. The average molecular weight is 415 g/mol. The first-order valence-corrected chi connectivity index (χ1v) is 10.4. The van der Waals surface area contributed by atoms with Gasteiger partial charge in [0.1, 0.15) is 36.9 Å². The van der Waals surface area contributed by atoms with Crippen LogP contribution in [0.3, 0.4) is 0 Å². The molecule has 0 saturated heterocycles. The molecule has 2 unspecified atom stereocenters. The number of aryl methyl sites for hydroxylation is 1. The van der Waals surface area contributed by atoms with Crippen molar-refractivity contribution in [2.75, 3.05) is 13.2 Å². The molecular weight excluding hydrogens is 388 g/mol. The van der Waals surface area contributed by atoms with Crippen LogP contribution in [0.15, 0.2) is 91.0 Å². The van der Waals surface area contributed by atoms with Gasteiger partial charge in [-0.3, -0.25) is 0 Å². The van der Waals surface area contributed by atoms with E-state index in [0.29, 0.717) is 5.75 Å². The monoisotopic (exact) mass is 414 g/mol. The lowest BCUT2D eigenvalue weighted by Gasteiger charge is -2.16. The minimum atomic E-state index is -0.678. The summed E-state index contributed by atoms with van der Waals surface area (Å²) in [6, 6.07) is 28.7. The smallest absolute Gasteiger partial charge is 0.123 e. The van der Waals surface area contributed by atoms with Gasteiger partial charge in [-0.05, 0) is 52.6 Å². The first kappa shape index (κ1) is 20.9. The quantitative estimate of drug-likeness (QED) is 0.407. The lowest BCUT2D eigenvalue weighted by Crippen LogP contribution is -2.10. The van der Waals surface area contributed by atoms with E-state index in [1.165, 1.54) is 0 Å². The zero-order chi connectivity index (χ0) is 21.6. The molecule has 4 nitrogen and oxygen atoms in total. The summed E-state index contributed by atoms with van der Waals surface area (Å²) in [5.41, 5.74) is 2.67. The molecule has 0 aliphatic heterocycles. The van der Waals surface area contributed by atoms with E-state index < -0.39 is 12.2 Å². The average Bonchev–Trinajstić information content (AvgIpc) is 2.83. The van der Waals surface area contributed by atoms with E-state index in [4.69, 9.17) is 9.47 Å². The van der Waals surface area contributed by atoms with Crippen molar-refractivity contribution in [3.63, 3.8) is 0 Å². The Kier molecular flexibility index (Phi) is 6.51. The largest absolute Gasteiger partial charge is 0.491 e. The molecule has 0 radical (unpaired) electrons. The summed E-state index contributed by atoms with van der Waals surface area (Å²) in [6.45, 7) is 2.38.